The molecule has 0 aromatic heterocycles. The van der Waals surface area contributed by atoms with Gasteiger partial charge in [0.1, 0.15) is 0 Å². The SMILES string of the molecule is Cc1cccc(C(NC(=S)Nc2ccc(C)c(C)c2)c2ccccc2)c1. The van der Waals surface area contributed by atoms with Crippen molar-refractivity contribution >= 4 is 23.0 Å². The fourth-order valence-corrected chi connectivity index (χ4v) is 3.21. The van der Waals surface area contributed by atoms with Gasteiger partial charge in [0.05, 0.1) is 6.04 Å². The number of anilines is 1. The minimum absolute atomic E-state index is 0.00245. The predicted molar refractivity (Wildman–Crippen MR) is 115 cm³/mol. The molecule has 1 atom stereocenters. The van der Waals surface area contributed by atoms with Gasteiger partial charge in [-0.3, -0.25) is 0 Å². The lowest BCUT2D eigenvalue weighted by atomic mass is 9.97. The van der Waals surface area contributed by atoms with Crippen molar-refractivity contribution in [2.45, 2.75) is 26.8 Å². The van der Waals surface area contributed by atoms with Crippen molar-refractivity contribution in [2.24, 2.45) is 0 Å². The minimum Gasteiger partial charge on any atom is -0.352 e. The average molecular weight is 361 g/mol. The summed E-state index contributed by atoms with van der Waals surface area (Å²) in [7, 11) is 0. The average Bonchev–Trinajstić information content (AvgIpc) is 2.63. The van der Waals surface area contributed by atoms with Gasteiger partial charge in [0, 0.05) is 5.69 Å². The molecular weight excluding hydrogens is 336 g/mol. The Morgan fingerprint density at radius 2 is 1.50 bits per heavy atom. The molecule has 3 heteroatoms. The Morgan fingerprint density at radius 3 is 2.19 bits per heavy atom. The number of thiocarbonyl (C=S) groups is 1. The van der Waals surface area contributed by atoms with Crippen LogP contribution in [0.4, 0.5) is 5.69 Å². The number of hydrogen-bond acceptors (Lipinski definition) is 1. The molecule has 1 unspecified atom stereocenters. The summed E-state index contributed by atoms with van der Waals surface area (Å²) in [4.78, 5) is 0. The molecule has 0 bridgehead atoms. The van der Waals surface area contributed by atoms with Crippen molar-refractivity contribution in [3.8, 4) is 0 Å². The molecule has 0 saturated heterocycles. The lowest BCUT2D eigenvalue weighted by Gasteiger charge is -2.22. The number of nitrogens with one attached hydrogen (secondary N) is 2. The van der Waals surface area contributed by atoms with Crippen molar-refractivity contribution < 1.29 is 0 Å². The van der Waals surface area contributed by atoms with E-state index in [2.05, 4.69) is 98.1 Å². The molecule has 2 N–H and O–H groups in total. The Hall–Kier alpha value is -2.65. The van der Waals surface area contributed by atoms with Gasteiger partial charge in [-0.25, -0.2) is 0 Å². The van der Waals surface area contributed by atoms with Crippen LogP contribution in [0.5, 0.6) is 0 Å². The molecule has 3 rings (SSSR count). The Bertz CT molecular complexity index is 903. The number of rotatable bonds is 4. The zero-order valence-electron chi connectivity index (χ0n) is 15.4. The maximum absolute atomic E-state index is 5.60. The van der Waals surface area contributed by atoms with Gasteiger partial charge in [-0.15, -0.1) is 0 Å². The predicted octanol–water partition coefficient (Wildman–Crippen LogP) is 5.69. The summed E-state index contributed by atoms with van der Waals surface area (Å²) < 4.78 is 0. The first-order valence-corrected chi connectivity index (χ1v) is 9.20. The Labute approximate surface area is 161 Å². The summed E-state index contributed by atoms with van der Waals surface area (Å²) in [5, 5.41) is 7.41. The summed E-state index contributed by atoms with van der Waals surface area (Å²) >= 11 is 5.60. The van der Waals surface area contributed by atoms with E-state index in [1.807, 2.05) is 6.07 Å². The number of aryl methyl sites for hydroxylation is 3. The fraction of sp³-hybridized carbons (Fsp3) is 0.174. The highest BCUT2D eigenvalue weighted by Crippen LogP contribution is 2.23. The molecule has 0 aliphatic heterocycles. The van der Waals surface area contributed by atoms with E-state index in [0.717, 1.165) is 5.69 Å². The van der Waals surface area contributed by atoms with E-state index in [9.17, 15) is 0 Å². The van der Waals surface area contributed by atoms with Crippen LogP contribution in [0.1, 0.15) is 33.9 Å². The molecule has 0 radical (unpaired) electrons. The standard InChI is InChI=1S/C23H24N2S/c1-16-8-7-11-20(14-16)22(19-9-5-4-6-10-19)25-23(26)24-21-13-12-17(2)18(3)15-21/h4-15,22H,1-3H3,(H2,24,25,26). The van der Waals surface area contributed by atoms with Gasteiger partial charge in [-0.1, -0.05) is 66.2 Å². The van der Waals surface area contributed by atoms with Gasteiger partial charge in [0.2, 0.25) is 0 Å². The molecule has 0 heterocycles. The van der Waals surface area contributed by atoms with Crippen LogP contribution in [-0.4, -0.2) is 5.11 Å². The van der Waals surface area contributed by atoms with E-state index in [-0.39, 0.29) is 6.04 Å². The lowest BCUT2D eigenvalue weighted by Crippen LogP contribution is -2.33. The first kappa shape index (κ1) is 18.2. The van der Waals surface area contributed by atoms with E-state index >= 15 is 0 Å². The third-order valence-electron chi connectivity index (χ3n) is 4.55. The van der Waals surface area contributed by atoms with Crippen LogP contribution in [0.25, 0.3) is 0 Å². The van der Waals surface area contributed by atoms with Gasteiger partial charge in [-0.2, -0.15) is 0 Å². The Morgan fingerprint density at radius 1 is 0.769 bits per heavy atom. The van der Waals surface area contributed by atoms with Gasteiger partial charge in [0.15, 0.2) is 5.11 Å². The summed E-state index contributed by atoms with van der Waals surface area (Å²) in [5.41, 5.74) is 7.13. The van der Waals surface area contributed by atoms with Gasteiger partial charge < -0.3 is 10.6 Å². The van der Waals surface area contributed by atoms with Gasteiger partial charge >= 0.3 is 0 Å². The molecule has 0 aliphatic rings. The van der Waals surface area contributed by atoms with Crippen molar-refractivity contribution in [3.05, 3.63) is 101 Å². The first-order chi connectivity index (χ1) is 12.5. The summed E-state index contributed by atoms with van der Waals surface area (Å²) in [6.07, 6.45) is 0. The molecular formula is C23H24N2S. The Kier molecular flexibility index (Phi) is 5.69. The van der Waals surface area contributed by atoms with Crippen molar-refractivity contribution in [2.75, 3.05) is 5.32 Å². The van der Waals surface area contributed by atoms with Crippen LogP contribution in [0, 0.1) is 20.8 Å². The second-order valence-electron chi connectivity index (χ2n) is 6.66. The summed E-state index contributed by atoms with van der Waals surface area (Å²) in [5.74, 6) is 0. The van der Waals surface area contributed by atoms with Crippen LogP contribution in [-0.2, 0) is 0 Å². The molecule has 26 heavy (non-hydrogen) atoms. The van der Waals surface area contributed by atoms with E-state index in [4.69, 9.17) is 12.2 Å². The van der Waals surface area contributed by atoms with E-state index in [1.54, 1.807) is 0 Å². The highest BCUT2D eigenvalue weighted by molar-refractivity contribution is 7.80. The maximum Gasteiger partial charge on any atom is 0.171 e. The van der Waals surface area contributed by atoms with Crippen molar-refractivity contribution in [3.63, 3.8) is 0 Å². The second kappa shape index (κ2) is 8.15. The summed E-state index contributed by atoms with van der Waals surface area (Å²) in [6.45, 7) is 6.33. The van der Waals surface area contributed by atoms with Crippen LogP contribution in [0.15, 0.2) is 72.8 Å². The lowest BCUT2D eigenvalue weighted by molar-refractivity contribution is 0.767. The molecule has 0 saturated carbocycles. The monoisotopic (exact) mass is 360 g/mol. The molecule has 0 spiro atoms. The van der Waals surface area contributed by atoms with Crippen molar-refractivity contribution in [1.29, 1.82) is 0 Å². The third-order valence-corrected chi connectivity index (χ3v) is 4.77. The van der Waals surface area contributed by atoms with Crippen LogP contribution >= 0.6 is 12.2 Å². The van der Waals surface area contributed by atoms with Crippen LogP contribution in [0.3, 0.4) is 0 Å². The molecule has 0 aliphatic carbocycles. The van der Waals surface area contributed by atoms with E-state index in [0.29, 0.717) is 5.11 Å². The minimum atomic E-state index is 0.00245. The summed E-state index contributed by atoms with van der Waals surface area (Å²) in [6, 6.07) is 25.2. The van der Waals surface area contributed by atoms with E-state index in [1.165, 1.54) is 27.8 Å². The number of benzene rings is 3. The highest BCUT2D eigenvalue weighted by Gasteiger charge is 2.15. The third kappa shape index (κ3) is 4.50. The quantitative estimate of drug-likeness (QED) is 0.585. The Balaban J connectivity index is 1.83. The van der Waals surface area contributed by atoms with Gasteiger partial charge in [0.25, 0.3) is 0 Å². The maximum atomic E-state index is 5.60. The zero-order valence-corrected chi connectivity index (χ0v) is 16.2. The molecule has 132 valence electrons. The van der Waals surface area contributed by atoms with Gasteiger partial charge in [-0.05, 0) is 67.4 Å². The first-order valence-electron chi connectivity index (χ1n) is 8.79. The fourth-order valence-electron chi connectivity index (χ4n) is 2.97. The zero-order chi connectivity index (χ0) is 18.5. The van der Waals surface area contributed by atoms with Crippen molar-refractivity contribution in [1.82, 2.24) is 5.32 Å². The van der Waals surface area contributed by atoms with Crippen LogP contribution < -0.4 is 10.6 Å². The molecule has 3 aromatic carbocycles. The smallest absolute Gasteiger partial charge is 0.171 e. The number of hydrogen-bond donors (Lipinski definition) is 2. The molecule has 0 amide bonds. The normalized spacial score (nSPS) is 11.7. The molecule has 0 fully saturated rings. The second-order valence-corrected chi connectivity index (χ2v) is 7.06. The van der Waals surface area contributed by atoms with E-state index < -0.39 is 0 Å². The topological polar surface area (TPSA) is 24.1 Å². The molecule has 2 nitrogen and oxygen atoms in total. The van der Waals surface area contributed by atoms with Crippen LogP contribution in [0.2, 0.25) is 0 Å². The highest BCUT2D eigenvalue weighted by atomic mass is 32.1. The largest absolute Gasteiger partial charge is 0.352 e. The molecule has 3 aromatic rings.